The lowest BCUT2D eigenvalue weighted by Gasteiger charge is -2.19. The van der Waals surface area contributed by atoms with Crippen molar-refractivity contribution in [3.63, 3.8) is 0 Å². The first-order valence-electron chi connectivity index (χ1n) is 6.60. The highest BCUT2D eigenvalue weighted by Gasteiger charge is 2.16. The Balaban J connectivity index is 3.74. The van der Waals surface area contributed by atoms with Crippen LogP contribution in [0.15, 0.2) is 0 Å². The van der Waals surface area contributed by atoms with E-state index < -0.39 is 0 Å². The highest BCUT2D eigenvalue weighted by atomic mass is 16.2. The van der Waals surface area contributed by atoms with Crippen LogP contribution in [0.5, 0.6) is 0 Å². The lowest BCUT2D eigenvalue weighted by atomic mass is 9.94. The zero-order valence-corrected chi connectivity index (χ0v) is 11.4. The zero-order valence-electron chi connectivity index (χ0n) is 11.4. The number of aliphatic hydroxyl groups excluding tert-OH is 1. The van der Waals surface area contributed by atoms with E-state index in [1.807, 2.05) is 6.92 Å². The van der Waals surface area contributed by atoms with Crippen LogP contribution in [0.25, 0.3) is 0 Å². The van der Waals surface area contributed by atoms with E-state index >= 15 is 0 Å². The molecule has 0 fully saturated rings. The first-order chi connectivity index (χ1) is 7.97. The number of hydrogen-bond acceptors (Lipinski definition) is 3. The van der Waals surface area contributed by atoms with Gasteiger partial charge in [-0.3, -0.25) is 4.79 Å². The van der Waals surface area contributed by atoms with Crippen LogP contribution in [0.4, 0.5) is 0 Å². The summed E-state index contributed by atoms with van der Waals surface area (Å²) in [4.78, 5) is 11.6. The zero-order chi connectivity index (χ0) is 13.3. The van der Waals surface area contributed by atoms with Crippen LogP contribution in [0.3, 0.4) is 0 Å². The summed E-state index contributed by atoms with van der Waals surface area (Å²) in [6, 6.07) is 0.0475. The number of hydrogen-bond donors (Lipinski definition) is 3. The molecule has 102 valence electrons. The summed E-state index contributed by atoms with van der Waals surface area (Å²) in [6.45, 7) is 7.11. The molecule has 0 aliphatic heterocycles. The molecule has 0 spiro atoms. The van der Waals surface area contributed by atoms with Crippen LogP contribution >= 0.6 is 0 Å². The number of nitrogens with one attached hydrogen (secondary N) is 1. The topological polar surface area (TPSA) is 75.4 Å². The summed E-state index contributed by atoms with van der Waals surface area (Å²) < 4.78 is 0. The fraction of sp³-hybridized carbons (Fsp3) is 0.923. The first-order valence-corrected chi connectivity index (χ1v) is 6.60. The van der Waals surface area contributed by atoms with Gasteiger partial charge in [0.05, 0.1) is 0 Å². The quantitative estimate of drug-likeness (QED) is 0.535. The van der Waals surface area contributed by atoms with Gasteiger partial charge in [-0.05, 0) is 31.1 Å². The van der Waals surface area contributed by atoms with Crippen molar-refractivity contribution in [2.45, 2.75) is 52.5 Å². The number of nitrogens with two attached hydrogens (primary N) is 1. The van der Waals surface area contributed by atoms with E-state index in [1.54, 1.807) is 0 Å². The van der Waals surface area contributed by atoms with Gasteiger partial charge in [-0.1, -0.05) is 20.8 Å². The van der Waals surface area contributed by atoms with Crippen molar-refractivity contribution in [1.29, 1.82) is 0 Å². The van der Waals surface area contributed by atoms with Crippen molar-refractivity contribution in [2.24, 2.45) is 17.6 Å². The molecule has 0 radical (unpaired) electrons. The molecule has 0 saturated carbocycles. The third-order valence-electron chi connectivity index (χ3n) is 2.89. The van der Waals surface area contributed by atoms with Crippen molar-refractivity contribution < 1.29 is 9.90 Å². The van der Waals surface area contributed by atoms with E-state index in [0.29, 0.717) is 12.3 Å². The van der Waals surface area contributed by atoms with E-state index in [4.69, 9.17) is 10.8 Å². The Morgan fingerprint density at radius 1 is 1.29 bits per heavy atom. The number of rotatable bonds is 9. The van der Waals surface area contributed by atoms with E-state index in [1.165, 1.54) is 0 Å². The molecule has 1 amide bonds. The minimum Gasteiger partial charge on any atom is -0.396 e. The molecule has 2 atom stereocenters. The Labute approximate surface area is 105 Å². The van der Waals surface area contributed by atoms with E-state index in [2.05, 4.69) is 19.2 Å². The molecule has 0 aromatic carbocycles. The molecular formula is C13H28N2O2. The Morgan fingerprint density at radius 2 is 1.94 bits per heavy atom. The van der Waals surface area contributed by atoms with Crippen LogP contribution in [0.2, 0.25) is 0 Å². The molecule has 4 nitrogen and oxygen atoms in total. The van der Waals surface area contributed by atoms with Gasteiger partial charge < -0.3 is 16.2 Å². The van der Waals surface area contributed by atoms with Gasteiger partial charge in [0.2, 0.25) is 5.91 Å². The number of aliphatic hydroxyl groups is 1. The molecule has 0 saturated heterocycles. The Kier molecular flexibility index (Phi) is 9.09. The van der Waals surface area contributed by atoms with Crippen LogP contribution in [-0.2, 0) is 4.79 Å². The second-order valence-electron chi connectivity index (χ2n) is 5.26. The maximum Gasteiger partial charge on any atom is 0.220 e. The summed E-state index contributed by atoms with van der Waals surface area (Å²) in [5, 5.41) is 11.6. The SMILES string of the molecule is CC(C)CNC(=O)CC(C)C(N)CCCCO. The lowest BCUT2D eigenvalue weighted by Crippen LogP contribution is -2.34. The monoisotopic (exact) mass is 244 g/mol. The van der Waals surface area contributed by atoms with Crippen molar-refractivity contribution in [1.82, 2.24) is 5.32 Å². The van der Waals surface area contributed by atoms with Gasteiger partial charge in [0, 0.05) is 25.6 Å². The predicted octanol–water partition coefficient (Wildman–Crippen LogP) is 1.27. The summed E-state index contributed by atoms with van der Waals surface area (Å²) in [6.07, 6.45) is 3.09. The molecule has 4 heteroatoms. The molecule has 0 heterocycles. The van der Waals surface area contributed by atoms with Crippen LogP contribution in [0, 0.1) is 11.8 Å². The van der Waals surface area contributed by atoms with Crippen molar-refractivity contribution in [2.75, 3.05) is 13.2 Å². The summed E-state index contributed by atoms with van der Waals surface area (Å²) in [7, 11) is 0. The Hall–Kier alpha value is -0.610. The maximum atomic E-state index is 11.6. The van der Waals surface area contributed by atoms with Gasteiger partial charge in [-0.25, -0.2) is 0 Å². The van der Waals surface area contributed by atoms with E-state index in [0.717, 1.165) is 25.8 Å². The number of carbonyl (C=O) groups excluding carboxylic acids is 1. The minimum atomic E-state index is 0.0475. The summed E-state index contributed by atoms with van der Waals surface area (Å²) in [5.41, 5.74) is 6.00. The van der Waals surface area contributed by atoms with Crippen molar-refractivity contribution in [3.05, 3.63) is 0 Å². The van der Waals surface area contributed by atoms with Gasteiger partial charge in [-0.2, -0.15) is 0 Å². The van der Waals surface area contributed by atoms with Gasteiger partial charge in [-0.15, -0.1) is 0 Å². The molecule has 4 N–H and O–H groups in total. The number of carbonyl (C=O) groups is 1. The number of unbranched alkanes of at least 4 members (excludes halogenated alkanes) is 1. The van der Waals surface area contributed by atoms with Crippen molar-refractivity contribution >= 4 is 5.91 Å². The normalized spacial score (nSPS) is 14.7. The summed E-state index contributed by atoms with van der Waals surface area (Å²) >= 11 is 0. The smallest absolute Gasteiger partial charge is 0.220 e. The van der Waals surface area contributed by atoms with E-state index in [9.17, 15) is 4.79 Å². The minimum absolute atomic E-state index is 0.0475. The number of amides is 1. The molecular weight excluding hydrogens is 216 g/mol. The van der Waals surface area contributed by atoms with Gasteiger partial charge >= 0.3 is 0 Å². The van der Waals surface area contributed by atoms with Crippen LogP contribution in [-0.4, -0.2) is 30.2 Å². The van der Waals surface area contributed by atoms with Crippen LogP contribution in [0.1, 0.15) is 46.5 Å². The molecule has 0 aliphatic rings. The predicted molar refractivity (Wildman–Crippen MR) is 70.5 cm³/mol. The Bertz CT molecular complexity index is 208. The largest absolute Gasteiger partial charge is 0.396 e. The second kappa shape index (κ2) is 9.42. The molecule has 2 unspecified atom stereocenters. The second-order valence-corrected chi connectivity index (χ2v) is 5.26. The van der Waals surface area contributed by atoms with Gasteiger partial charge in [0.25, 0.3) is 0 Å². The molecule has 0 aromatic heterocycles. The third-order valence-corrected chi connectivity index (χ3v) is 2.89. The average Bonchev–Trinajstić information content (AvgIpc) is 2.26. The average molecular weight is 244 g/mol. The Morgan fingerprint density at radius 3 is 2.47 bits per heavy atom. The molecule has 0 aliphatic carbocycles. The fourth-order valence-corrected chi connectivity index (χ4v) is 1.61. The molecule has 0 rings (SSSR count). The molecule has 17 heavy (non-hydrogen) atoms. The fourth-order valence-electron chi connectivity index (χ4n) is 1.61. The first kappa shape index (κ1) is 16.4. The highest BCUT2D eigenvalue weighted by Crippen LogP contribution is 2.12. The highest BCUT2D eigenvalue weighted by molar-refractivity contribution is 5.76. The maximum absolute atomic E-state index is 11.6. The van der Waals surface area contributed by atoms with Gasteiger partial charge in [0.1, 0.15) is 0 Å². The van der Waals surface area contributed by atoms with Gasteiger partial charge in [0.15, 0.2) is 0 Å². The van der Waals surface area contributed by atoms with E-state index in [-0.39, 0.29) is 24.5 Å². The van der Waals surface area contributed by atoms with Crippen molar-refractivity contribution in [3.8, 4) is 0 Å². The molecule has 0 bridgehead atoms. The third kappa shape index (κ3) is 9.12. The standard InChI is InChI=1S/C13H28N2O2/c1-10(2)9-15-13(17)8-11(3)12(14)6-4-5-7-16/h10-12,16H,4-9,14H2,1-3H3,(H,15,17). The lowest BCUT2D eigenvalue weighted by molar-refractivity contribution is -0.122. The summed E-state index contributed by atoms with van der Waals surface area (Å²) in [5.74, 6) is 0.761. The molecule has 0 aromatic rings. The van der Waals surface area contributed by atoms with Crippen LogP contribution < -0.4 is 11.1 Å².